The molecule has 18 heavy (non-hydrogen) atoms. The van der Waals surface area contributed by atoms with E-state index in [0.29, 0.717) is 0 Å². The lowest BCUT2D eigenvalue weighted by Crippen LogP contribution is -2.01. The Bertz CT molecular complexity index is 572. The Morgan fingerprint density at radius 2 is 2.00 bits per heavy atom. The first-order valence-corrected chi connectivity index (χ1v) is 7.17. The van der Waals surface area contributed by atoms with Gasteiger partial charge >= 0.3 is 0 Å². The fraction of sp³-hybridized carbons (Fsp3) is 0.231. The molecule has 0 aliphatic rings. The van der Waals surface area contributed by atoms with Gasteiger partial charge in [0.15, 0.2) is 0 Å². The van der Waals surface area contributed by atoms with Crippen molar-refractivity contribution in [2.45, 2.75) is 23.8 Å². The third kappa shape index (κ3) is 3.03. The van der Waals surface area contributed by atoms with Crippen LogP contribution in [0.2, 0.25) is 0 Å². The van der Waals surface area contributed by atoms with Crippen LogP contribution in [-0.2, 0) is 0 Å². The molecule has 0 atom stereocenters. The van der Waals surface area contributed by atoms with Crippen molar-refractivity contribution >= 4 is 33.5 Å². The van der Waals surface area contributed by atoms with E-state index >= 15 is 0 Å². The highest BCUT2D eigenvalue weighted by Gasteiger charge is 2.09. The smallest absolute Gasteiger partial charge is 0.133 e. The van der Waals surface area contributed by atoms with Crippen molar-refractivity contribution in [1.82, 2.24) is 9.97 Å². The highest BCUT2D eigenvalue weighted by molar-refractivity contribution is 9.10. The van der Waals surface area contributed by atoms with Crippen LogP contribution in [0.3, 0.4) is 0 Å². The van der Waals surface area contributed by atoms with Gasteiger partial charge in [-0.05, 0) is 32.0 Å². The maximum absolute atomic E-state index is 4.50. The highest BCUT2D eigenvalue weighted by atomic mass is 79.9. The first-order chi connectivity index (χ1) is 8.60. The second-order valence-corrected chi connectivity index (χ2v) is 5.84. The second kappa shape index (κ2) is 5.71. The van der Waals surface area contributed by atoms with Gasteiger partial charge in [-0.1, -0.05) is 33.8 Å². The van der Waals surface area contributed by atoms with E-state index in [1.165, 1.54) is 0 Å². The lowest BCUT2D eigenvalue weighted by Gasteiger charge is -2.10. The molecular weight excluding hydrogens is 310 g/mol. The van der Waals surface area contributed by atoms with E-state index in [0.717, 1.165) is 31.6 Å². The van der Waals surface area contributed by atoms with E-state index in [2.05, 4.69) is 43.3 Å². The number of rotatable bonds is 3. The van der Waals surface area contributed by atoms with Gasteiger partial charge in [-0.3, -0.25) is 0 Å². The summed E-state index contributed by atoms with van der Waals surface area (Å²) in [5, 5.41) is 4.09. The number of nitrogens with one attached hydrogen (secondary N) is 1. The van der Waals surface area contributed by atoms with Gasteiger partial charge in [0, 0.05) is 22.0 Å². The summed E-state index contributed by atoms with van der Waals surface area (Å²) in [4.78, 5) is 10.0. The Morgan fingerprint density at radius 3 is 2.67 bits per heavy atom. The third-order valence-corrected chi connectivity index (χ3v) is 4.03. The summed E-state index contributed by atoms with van der Waals surface area (Å²) in [6, 6.07) is 8.20. The Hall–Kier alpha value is -1.07. The van der Waals surface area contributed by atoms with Gasteiger partial charge in [0.25, 0.3) is 0 Å². The molecule has 0 aliphatic carbocycles. The van der Waals surface area contributed by atoms with Crippen LogP contribution in [0.5, 0.6) is 0 Å². The van der Waals surface area contributed by atoms with Crippen LogP contribution < -0.4 is 5.32 Å². The minimum atomic E-state index is 0.780. The van der Waals surface area contributed by atoms with Crippen molar-refractivity contribution < 1.29 is 0 Å². The number of aromatic nitrogens is 2. The largest absolute Gasteiger partial charge is 0.373 e. The minimum absolute atomic E-state index is 0.780. The molecule has 3 nitrogen and oxygen atoms in total. The average molecular weight is 324 g/mol. The maximum Gasteiger partial charge on any atom is 0.133 e. The van der Waals surface area contributed by atoms with Crippen molar-refractivity contribution in [2.24, 2.45) is 0 Å². The monoisotopic (exact) mass is 323 g/mol. The van der Waals surface area contributed by atoms with E-state index in [1.54, 1.807) is 11.8 Å². The molecule has 0 saturated heterocycles. The lowest BCUT2D eigenvalue weighted by atomic mass is 10.3. The van der Waals surface area contributed by atoms with Crippen LogP contribution in [0.4, 0.5) is 5.82 Å². The van der Waals surface area contributed by atoms with Gasteiger partial charge in [0.2, 0.25) is 0 Å². The molecule has 2 aromatic rings. The molecule has 1 N–H and O–H groups in total. The van der Waals surface area contributed by atoms with Gasteiger partial charge in [-0.15, -0.1) is 0 Å². The molecule has 0 radical (unpaired) electrons. The Labute approximate surface area is 120 Å². The molecule has 0 saturated carbocycles. The summed E-state index contributed by atoms with van der Waals surface area (Å²) in [5.41, 5.74) is 1.08. The molecule has 0 aliphatic heterocycles. The number of nitrogens with zero attached hydrogens (tertiary/aromatic N) is 2. The third-order valence-electron chi connectivity index (χ3n) is 2.46. The van der Waals surface area contributed by atoms with E-state index in [9.17, 15) is 0 Å². The van der Waals surface area contributed by atoms with Crippen LogP contribution in [0.15, 0.2) is 38.7 Å². The second-order valence-electron chi connectivity index (χ2n) is 3.86. The fourth-order valence-electron chi connectivity index (χ4n) is 1.59. The highest BCUT2D eigenvalue weighted by Crippen LogP contribution is 2.32. The van der Waals surface area contributed by atoms with Crippen molar-refractivity contribution in [2.75, 3.05) is 12.4 Å². The number of halogens is 1. The summed E-state index contributed by atoms with van der Waals surface area (Å²) in [7, 11) is 1.88. The Kier molecular flexibility index (Phi) is 4.24. The average Bonchev–Trinajstić information content (AvgIpc) is 2.33. The molecule has 94 valence electrons. The Morgan fingerprint density at radius 1 is 1.22 bits per heavy atom. The van der Waals surface area contributed by atoms with E-state index in [-0.39, 0.29) is 0 Å². The van der Waals surface area contributed by atoms with Crippen LogP contribution in [-0.4, -0.2) is 17.0 Å². The molecule has 0 amide bonds. The van der Waals surface area contributed by atoms with Crippen molar-refractivity contribution in [1.29, 1.82) is 0 Å². The van der Waals surface area contributed by atoms with Crippen LogP contribution >= 0.6 is 27.7 Å². The van der Waals surface area contributed by atoms with Crippen LogP contribution in [0, 0.1) is 13.8 Å². The number of anilines is 1. The van der Waals surface area contributed by atoms with Crippen molar-refractivity contribution in [3.05, 3.63) is 40.1 Å². The zero-order valence-electron chi connectivity index (χ0n) is 10.5. The topological polar surface area (TPSA) is 37.8 Å². The number of benzene rings is 1. The van der Waals surface area contributed by atoms with Gasteiger partial charge in [0.05, 0.1) is 0 Å². The van der Waals surface area contributed by atoms with E-state index in [4.69, 9.17) is 0 Å². The molecule has 5 heteroatoms. The number of hydrogen-bond acceptors (Lipinski definition) is 4. The molecule has 1 heterocycles. The predicted molar refractivity (Wildman–Crippen MR) is 79.3 cm³/mol. The zero-order valence-corrected chi connectivity index (χ0v) is 12.9. The number of hydrogen-bond donors (Lipinski definition) is 1. The summed E-state index contributed by atoms with van der Waals surface area (Å²) in [6.45, 7) is 3.94. The fourth-order valence-corrected chi connectivity index (χ4v) is 3.12. The first kappa shape index (κ1) is 13.4. The Balaban J connectivity index is 2.37. The molecule has 0 spiro atoms. The molecule has 0 unspecified atom stereocenters. The summed E-state index contributed by atoms with van der Waals surface area (Å²) in [5.74, 6) is 1.67. The SMILES string of the molecule is CNc1nc(C)nc(Sc2cccc(Br)c2)c1C. The van der Waals surface area contributed by atoms with Crippen LogP contribution in [0.1, 0.15) is 11.4 Å². The standard InChI is InChI=1S/C13H14BrN3S/c1-8-12(15-3)16-9(2)17-13(8)18-11-6-4-5-10(14)7-11/h4-7H,1-3H3,(H,15,16,17). The lowest BCUT2D eigenvalue weighted by molar-refractivity contribution is 0.940. The first-order valence-electron chi connectivity index (χ1n) is 5.56. The van der Waals surface area contributed by atoms with Crippen molar-refractivity contribution in [3.8, 4) is 0 Å². The van der Waals surface area contributed by atoms with E-state index < -0.39 is 0 Å². The molecular formula is C13H14BrN3S. The zero-order chi connectivity index (χ0) is 13.1. The summed E-state index contributed by atoms with van der Waals surface area (Å²) in [6.07, 6.45) is 0. The molecule has 1 aromatic carbocycles. The summed E-state index contributed by atoms with van der Waals surface area (Å²) >= 11 is 5.13. The van der Waals surface area contributed by atoms with Crippen molar-refractivity contribution in [3.63, 3.8) is 0 Å². The number of aryl methyl sites for hydroxylation is 1. The summed E-state index contributed by atoms with van der Waals surface area (Å²) < 4.78 is 1.07. The van der Waals surface area contributed by atoms with Gasteiger partial charge in [0.1, 0.15) is 16.7 Å². The molecule has 0 bridgehead atoms. The maximum atomic E-state index is 4.50. The predicted octanol–water partition coefficient (Wildman–Crippen LogP) is 4.05. The molecule has 1 aromatic heterocycles. The minimum Gasteiger partial charge on any atom is -0.373 e. The molecule has 2 rings (SSSR count). The van der Waals surface area contributed by atoms with Gasteiger partial charge in [-0.2, -0.15) is 0 Å². The quantitative estimate of drug-likeness (QED) is 0.865. The van der Waals surface area contributed by atoms with Crippen LogP contribution in [0.25, 0.3) is 0 Å². The molecule has 0 fully saturated rings. The normalized spacial score (nSPS) is 10.4. The van der Waals surface area contributed by atoms with E-state index in [1.807, 2.05) is 33.0 Å². The van der Waals surface area contributed by atoms with Gasteiger partial charge < -0.3 is 5.32 Å². The van der Waals surface area contributed by atoms with Gasteiger partial charge in [-0.25, -0.2) is 9.97 Å².